The molecule has 29 heavy (non-hydrogen) atoms. The number of carbonyl (C=O) groups excluding carboxylic acids is 1. The third-order valence-electron chi connectivity index (χ3n) is 6.40. The minimum atomic E-state index is -0.0114. The summed E-state index contributed by atoms with van der Waals surface area (Å²) in [6.07, 6.45) is 6.37. The van der Waals surface area contributed by atoms with Crippen molar-refractivity contribution in [2.24, 2.45) is 0 Å². The van der Waals surface area contributed by atoms with E-state index in [4.69, 9.17) is 4.42 Å². The Balaban J connectivity index is 1.18. The van der Waals surface area contributed by atoms with E-state index < -0.39 is 0 Å². The van der Waals surface area contributed by atoms with Crippen LogP contribution in [0.3, 0.4) is 0 Å². The first kappa shape index (κ1) is 19.1. The molecule has 7 nitrogen and oxygen atoms in total. The smallest absolute Gasteiger partial charge is 0.240 e. The van der Waals surface area contributed by atoms with Crippen LogP contribution in [-0.4, -0.2) is 75.6 Å². The molecular weight excluding hydrogens is 386 g/mol. The average molecular weight is 414 g/mol. The number of hydrogen-bond acceptors (Lipinski definition) is 7. The van der Waals surface area contributed by atoms with Crippen LogP contribution in [0.25, 0.3) is 11.5 Å². The summed E-state index contributed by atoms with van der Waals surface area (Å²) in [7, 11) is 0. The summed E-state index contributed by atoms with van der Waals surface area (Å²) in [6, 6.07) is 6.30. The molecule has 3 saturated heterocycles. The van der Waals surface area contributed by atoms with Gasteiger partial charge in [0, 0.05) is 37.0 Å². The number of oxazole rings is 1. The summed E-state index contributed by atoms with van der Waals surface area (Å²) in [5.41, 5.74) is 1.89. The van der Waals surface area contributed by atoms with Gasteiger partial charge in [-0.2, -0.15) is 0 Å². The second-order valence-corrected chi connectivity index (χ2v) is 9.16. The maximum atomic E-state index is 12.7. The second-order valence-electron chi connectivity index (χ2n) is 8.08. The lowest BCUT2D eigenvalue weighted by Crippen LogP contribution is -2.42. The van der Waals surface area contributed by atoms with Crippen LogP contribution in [0.15, 0.2) is 35.2 Å². The predicted octanol–water partition coefficient (Wildman–Crippen LogP) is 2.18. The number of piperidine rings is 1. The van der Waals surface area contributed by atoms with Crippen molar-refractivity contribution in [1.29, 1.82) is 0 Å². The molecule has 154 valence electrons. The van der Waals surface area contributed by atoms with E-state index in [1.54, 1.807) is 12.6 Å². The lowest BCUT2D eigenvalue weighted by atomic mass is 9.91. The zero-order valence-corrected chi connectivity index (χ0v) is 17.3. The summed E-state index contributed by atoms with van der Waals surface area (Å²) in [5, 5.41) is 3.47. The molecule has 2 aromatic rings. The summed E-state index contributed by atoms with van der Waals surface area (Å²) in [4.78, 5) is 26.2. The highest BCUT2D eigenvalue weighted by Gasteiger charge is 2.37. The number of aromatic nitrogens is 2. The van der Waals surface area contributed by atoms with E-state index in [1.807, 2.05) is 34.9 Å². The summed E-state index contributed by atoms with van der Waals surface area (Å²) in [5.74, 6) is 3.41. The first-order chi connectivity index (χ1) is 14.3. The molecule has 0 bridgehead atoms. The van der Waals surface area contributed by atoms with Gasteiger partial charge in [-0.15, -0.1) is 11.8 Å². The van der Waals surface area contributed by atoms with Crippen LogP contribution in [0.5, 0.6) is 0 Å². The van der Waals surface area contributed by atoms with Gasteiger partial charge in [-0.05, 0) is 44.5 Å². The number of amides is 1. The molecule has 0 radical (unpaired) electrons. The lowest BCUT2D eigenvalue weighted by Gasteiger charge is -2.35. The van der Waals surface area contributed by atoms with Gasteiger partial charge in [-0.1, -0.05) is 6.07 Å². The Morgan fingerprint density at radius 2 is 2.10 bits per heavy atom. The number of rotatable bonds is 4. The van der Waals surface area contributed by atoms with E-state index >= 15 is 0 Å². The Kier molecular flexibility index (Phi) is 5.56. The quantitative estimate of drug-likeness (QED) is 0.823. The molecule has 8 heteroatoms. The highest BCUT2D eigenvalue weighted by atomic mass is 32.2. The Labute approximate surface area is 175 Å². The average Bonchev–Trinajstić information content (AvgIpc) is 3.56. The maximum absolute atomic E-state index is 12.7. The number of hydrogen-bond donors (Lipinski definition) is 1. The van der Waals surface area contributed by atoms with Gasteiger partial charge in [-0.25, -0.2) is 4.98 Å². The number of likely N-dealkylation sites (tertiary alicyclic amines) is 1. The van der Waals surface area contributed by atoms with E-state index in [1.165, 1.54) is 0 Å². The zero-order chi connectivity index (χ0) is 19.6. The fraction of sp³-hybridized carbons (Fsp3) is 0.571. The van der Waals surface area contributed by atoms with Crippen LogP contribution in [0.1, 0.15) is 30.9 Å². The summed E-state index contributed by atoms with van der Waals surface area (Å²) >= 11 is 1.85. The molecule has 0 unspecified atom stereocenters. The van der Waals surface area contributed by atoms with Crippen LogP contribution in [0, 0.1) is 0 Å². The summed E-state index contributed by atoms with van der Waals surface area (Å²) < 4.78 is 5.68. The standard InChI is InChI=1S/C21H27N5O2S/c27-21(26-9-10-29-14-26)18-11-16(12-23-18)25-7-4-15(5-8-25)19-20(28-13-24-19)17-3-1-2-6-22-17/h1-3,6,13,15-16,18,23H,4-5,7-12,14H2/t16-,18-/m0/s1. The molecule has 5 rings (SSSR count). The van der Waals surface area contributed by atoms with E-state index in [0.29, 0.717) is 12.0 Å². The van der Waals surface area contributed by atoms with E-state index in [-0.39, 0.29) is 11.9 Å². The van der Waals surface area contributed by atoms with Crippen molar-refractivity contribution < 1.29 is 9.21 Å². The van der Waals surface area contributed by atoms with Crippen LogP contribution in [0.4, 0.5) is 0 Å². The van der Waals surface area contributed by atoms with Gasteiger partial charge >= 0.3 is 0 Å². The van der Waals surface area contributed by atoms with Crippen molar-refractivity contribution in [3.63, 3.8) is 0 Å². The van der Waals surface area contributed by atoms with Crippen molar-refractivity contribution in [2.45, 2.75) is 37.3 Å². The van der Waals surface area contributed by atoms with Crippen molar-refractivity contribution in [3.8, 4) is 11.5 Å². The van der Waals surface area contributed by atoms with Crippen molar-refractivity contribution in [3.05, 3.63) is 36.5 Å². The van der Waals surface area contributed by atoms with Crippen molar-refractivity contribution in [2.75, 3.05) is 37.8 Å². The van der Waals surface area contributed by atoms with Gasteiger partial charge in [0.2, 0.25) is 5.91 Å². The van der Waals surface area contributed by atoms with Crippen LogP contribution in [-0.2, 0) is 4.79 Å². The van der Waals surface area contributed by atoms with Gasteiger partial charge in [0.15, 0.2) is 12.2 Å². The Morgan fingerprint density at radius 1 is 1.21 bits per heavy atom. The van der Waals surface area contributed by atoms with Gasteiger partial charge in [-0.3, -0.25) is 14.7 Å². The van der Waals surface area contributed by atoms with E-state index in [0.717, 1.165) is 74.2 Å². The minimum Gasteiger partial charge on any atom is -0.442 e. The molecule has 2 atom stereocenters. The van der Waals surface area contributed by atoms with Gasteiger partial charge < -0.3 is 14.6 Å². The third-order valence-corrected chi connectivity index (χ3v) is 7.36. The second kappa shape index (κ2) is 8.45. The molecule has 1 N–H and O–H groups in total. The van der Waals surface area contributed by atoms with Gasteiger partial charge in [0.25, 0.3) is 0 Å². The molecular formula is C21H27N5O2S. The van der Waals surface area contributed by atoms with Gasteiger partial charge in [0.05, 0.1) is 17.6 Å². The number of pyridine rings is 1. The minimum absolute atomic E-state index is 0.0114. The fourth-order valence-corrected chi connectivity index (χ4v) is 5.72. The van der Waals surface area contributed by atoms with Gasteiger partial charge in [0.1, 0.15) is 5.69 Å². The molecule has 5 heterocycles. The van der Waals surface area contributed by atoms with Crippen molar-refractivity contribution >= 4 is 17.7 Å². The van der Waals surface area contributed by atoms with Crippen LogP contribution in [0.2, 0.25) is 0 Å². The molecule has 3 fully saturated rings. The molecule has 3 aliphatic heterocycles. The fourth-order valence-electron chi connectivity index (χ4n) is 4.76. The zero-order valence-electron chi connectivity index (χ0n) is 16.5. The lowest BCUT2D eigenvalue weighted by molar-refractivity contribution is -0.131. The number of thioether (sulfide) groups is 1. The van der Waals surface area contributed by atoms with E-state index in [9.17, 15) is 4.79 Å². The largest absolute Gasteiger partial charge is 0.442 e. The molecule has 0 saturated carbocycles. The SMILES string of the molecule is O=C([C@@H]1C[C@H](N2CCC(c3ncoc3-c3ccccn3)CC2)CN1)N1CCSC1. The number of nitrogens with one attached hydrogen (secondary N) is 1. The highest BCUT2D eigenvalue weighted by molar-refractivity contribution is 7.99. The first-order valence-electron chi connectivity index (χ1n) is 10.5. The Morgan fingerprint density at radius 3 is 2.86 bits per heavy atom. The summed E-state index contributed by atoms with van der Waals surface area (Å²) in [6.45, 7) is 3.87. The van der Waals surface area contributed by atoms with Crippen LogP contribution >= 0.6 is 11.8 Å². The molecule has 2 aromatic heterocycles. The third kappa shape index (κ3) is 3.93. The predicted molar refractivity (Wildman–Crippen MR) is 113 cm³/mol. The normalized spacial score (nSPS) is 26.3. The molecule has 0 aromatic carbocycles. The van der Waals surface area contributed by atoms with Crippen LogP contribution < -0.4 is 5.32 Å². The number of nitrogens with zero attached hydrogens (tertiary/aromatic N) is 4. The van der Waals surface area contributed by atoms with Crippen molar-refractivity contribution in [1.82, 2.24) is 25.1 Å². The first-order valence-corrected chi connectivity index (χ1v) is 11.6. The molecule has 0 spiro atoms. The van der Waals surface area contributed by atoms with E-state index in [2.05, 4.69) is 20.2 Å². The topological polar surface area (TPSA) is 74.5 Å². The number of carbonyl (C=O) groups is 1. The highest BCUT2D eigenvalue weighted by Crippen LogP contribution is 2.35. The monoisotopic (exact) mass is 413 g/mol. The Hall–Kier alpha value is -1.90. The molecule has 1 amide bonds. The Bertz CT molecular complexity index is 831. The molecule has 0 aliphatic carbocycles. The maximum Gasteiger partial charge on any atom is 0.240 e. The molecule has 3 aliphatic rings.